The van der Waals surface area contributed by atoms with E-state index in [2.05, 4.69) is 210 Å². The Kier molecular flexibility index (Phi) is 7.24. The Balaban J connectivity index is 1.61. The molecule has 0 heterocycles. The largest absolute Gasteiger partial charge is 0.0802 e. The van der Waals surface area contributed by atoms with Crippen LogP contribution in [-0.2, 0) is 5.41 Å². The van der Waals surface area contributed by atoms with Gasteiger partial charge < -0.3 is 0 Å². The lowest BCUT2D eigenvalue weighted by Crippen LogP contribution is -2.76. The first-order valence-corrected chi connectivity index (χ1v) is 19.7. The molecule has 0 aromatic heterocycles. The van der Waals surface area contributed by atoms with E-state index in [1.807, 2.05) is 0 Å². The van der Waals surface area contributed by atoms with Gasteiger partial charge in [0.25, 0.3) is 0 Å². The van der Waals surface area contributed by atoms with Gasteiger partial charge in [0.1, 0.15) is 0 Å². The highest BCUT2D eigenvalue weighted by Crippen LogP contribution is 2.92. The van der Waals surface area contributed by atoms with Gasteiger partial charge in [-0.05, 0) is 65.6 Å². The van der Waals surface area contributed by atoms with Crippen LogP contribution in [0.15, 0.2) is 156 Å². The van der Waals surface area contributed by atoms with Crippen molar-refractivity contribution in [3.05, 3.63) is 167 Å². The number of rotatable bonds is 5. The molecule has 6 aliphatic carbocycles. The molecule has 2 aromatic carbocycles. The summed E-state index contributed by atoms with van der Waals surface area (Å²) in [7, 11) is 0. The van der Waals surface area contributed by atoms with Crippen LogP contribution in [0.4, 0.5) is 0 Å². The summed E-state index contributed by atoms with van der Waals surface area (Å²) in [5.41, 5.74) is 7.39. The van der Waals surface area contributed by atoms with Crippen molar-refractivity contribution in [2.45, 2.75) is 88.0 Å². The molecule has 0 nitrogen and oxygen atoms in total. The van der Waals surface area contributed by atoms with E-state index in [1.165, 1.54) is 22.3 Å². The Morgan fingerprint density at radius 1 is 0.627 bits per heavy atom. The molecule has 2 aromatic rings. The predicted molar refractivity (Wildman–Crippen MR) is 217 cm³/mol. The summed E-state index contributed by atoms with van der Waals surface area (Å²) in [5.74, 6) is 0.993. The predicted octanol–water partition coefficient (Wildman–Crippen LogP) is 13.3. The molecule has 0 amide bonds. The lowest BCUT2D eigenvalue weighted by molar-refractivity contribution is -0.275. The van der Waals surface area contributed by atoms with E-state index < -0.39 is 5.41 Å². The van der Waals surface area contributed by atoms with Crippen LogP contribution < -0.4 is 0 Å². The summed E-state index contributed by atoms with van der Waals surface area (Å²) in [6, 6.07) is 23.5. The Bertz CT molecular complexity index is 1980. The molecule has 0 saturated heterocycles. The SMILES string of the molecule is CC1=CC=CC2C(C(C3=C(C)C=C(C(C)C)C3)(c3ccccc3)c3ccccc3)C3(C)C4(C)C=CC=CC4(C)C4(C)C=CC=CC4(C)C3(C)C12C. The average Bonchev–Trinajstić information content (AvgIpc) is 3.59. The lowest BCUT2D eigenvalue weighted by Gasteiger charge is -2.80. The second kappa shape index (κ2) is 10.7. The fraction of sp³-hybridized carbons (Fsp3) is 0.451. The maximum atomic E-state index is 2.78. The summed E-state index contributed by atoms with van der Waals surface area (Å²) < 4.78 is 0. The van der Waals surface area contributed by atoms with Gasteiger partial charge in [0.05, 0.1) is 0 Å². The van der Waals surface area contributed by atoms with Crippen molar-refractivity contribution >= 4 is 0 Å². The first-order valence-electron chi connectivity index (χ1n) is 19.7. The molecule has 0 aliphatic heterocycles. The van der Waals surface area contributed by atoms with E-state index >= 15 is 0 Å². The van der Waals surface area contributed by atoms with Crippen LogP contribution in [0.2, 0.25) is 0 Å². The quantitative estimate of drug-likeness (QED) is 0.297. The second-order valence-electron chi connectivity index (χ2n) is 18.8. The molecule has 0 heteroatoms. The fourth-order valence-electron chi connectivity index (χ4n) is 14.5. The van der Waals surface area contributed by atoms with Gasteiger partial charge in [0.2, 0.25) is 0 Å². The topological polar surface area (TPSA) is 0 Å². The standard InChI is InChI=1S/C51H60/c1-35(2)38-33-36(3)42(34-38)51(39-24-14-12-15-25-39,40-26-16-13-17-27-40)43-41-28-22-23-37(4)48(41,9)50(11)47(8)32-21-19-30-45(47,6)44(5)29-18-20-31-46(44,7)49(43,50)10/h12-33,35,41,43H,34H2,1-11H3. The van der Waals surface area contributed by atoms with E-state index in [-0.39, 0.29) is 49.7 Å². The van der Waals surface area contributed by atoms with Crippen molar-refractivity contribution in [2.24, 2.45) is 55.7 Å². The van der Waals surface area contributed by atoms with Crippen molar-refractivity contribution in [2.75, 3.05) is 0 Å². The molecule has 2 saturated carbocycles. The van der Waals surface area contributed by atoms with Crippen molar-refractivity contribution in [3.63, 3.8) is 0 Å². The summed E-state index contributed by atoms with van der Waals surface area (Å²) in [6.07, 6.45) is 31.2. The minimum atomic E-state index is -0.391. The maximum Gasteiger partial charge on any atom is 0.0459 e. The third-order valence-corrected chi connectivity index (χ3v) is 17.9. The first-order chi connectivity index (χ1) is 24.1. The van der Waals surface area contributed by atoms with Gasteiger partial charge in [-0.1, -0.05) is 213 Å². The number of fused-ring (bicyclic) bond motifs is 8. The Labute approximate surface area is 309 Å². The second-order valence-corrected chi connectivity index (χ2v) is 18.8. The summed E-state index contributed by atoms with van der Waals surface area (Å²) in [4.78, 5) is 0. The molecule has 0 N–H and O–H groups in total. The van der Waals surface area contributed by atoms with Crippen LogP contribution in [-0.4, -0.2) is 0 Å². The third kappa shape index (κ3) is 3.50. The zero-order chi connectivity index (χ0) is 36.5. The van der Waals surface area contributed by atoms with Gasteiger partial charge in [0, 0.05) is 32.5 Å². The molecule has 51 heavy (non-hydrogen) atoms. The molecular weight excluding hydrogens is 613 g/mol. The molecule has 0 radical (unpaired) electrons. The summed E-state index contributed by atoms with van der Waals surface area (Å²) in [5, 5.41) is 0. The van der Waals surface area contributed by atoms with E-state index in [0.717, 1.165) is 6.42 Å². The molecular formula is C51H60. The van der Waals surface area contributed by atoms with Gasteiger partial charge in [-0.15, -0.1) is 0 Å². The van der Waals surface area contributed by atoms with Crippen LogP contribution in [0.5, 0.6) is 0 Å². The summed E-state index contributed by atoms with van der Waals surface area (Å²) >= 11 is 0. The third-order valence-electron chi connectivity index (χ3n) is 17.9. The van der Waals surface area contributed by atoms with Crippen LogP contribution in [0, 0.1) is 55.7 Å². The highest BCUT2D eigenvalue weighted by Gasteiger charge is 2.88. The molecule has 2 fully saturated rings. The van der Waals surface area contributed by atoms with Gasteiger partial charge in [-0.3, -0.25) is 0 Å². The zero-order valence-corrected chi connectivity index (χ0v) is 33.1. The van der Waals surface area contributed by atoms with Crippen LogP contribution in [0.3, 0.4) is 0 Å². The average molecular weight is 673 g/mol. The monoisotopic (exact) mass is 672 g/mol. The van der Waals surface area contributed by atoms with E-state index in [4.69, 9.17) is 0 Å². The summed E-state index contributed by atoms with van der Waals surface area (Å²) in [6.45, 7) is 28.4. The van der Waals surface area contributed by atoms with Crippen LogP contribution in [0.25, 0.3) is 0 Å². The highest BCUT2D eigenvalue weighted by atomic mass is 14.9. The molecule has 0 spiro atoms. The first kappa shape index (κ1) is 34.4. The van der Waals surface area contributed by atoms with Gasteiger partial charge in [-0.25, -0.2) is 0 Å². The fourth-order valence-corrected chi connectivity index (χ4v) is 14.5. The van der Waals surface area contributed by atoms with Gasteiger partial charge >= 0.3 is 0 Å². The Morgan fingerprint density at radius 2 is 1.12 bits per heavy atom. The number of benzene rings is 2. The normalized spacial score (nSPS) is 42.0. The minimum absolute atomic E-state index is 0.137. The molecule has 6 aliphatic rings. The minimum Gasteiger partial charge on any atom is -0.0802 e. The van der Waals surface area contributed by atoms with Crippen molar-refractivity contribution in [1.29, 1.82) is 0 Å². The highest BCUT2D eigenvalue weighted by molar-refractivity contribution is 5.61. The number of hydrogen-bond donors (Lipinski definition) is 0. The molecule has 264 valence electrons. The van der Waals surface area contributed by atoms with Gasteiger partial charge in [-0.2, -0.15) is 0 Å². The Morgan fingerprint density at radius 3 is 1.63 bits per heavy atom. The zero-order valence-electron chi connectivity index (χ0n) is 33.1. The van der Waals surface area contributed by atoms with E-state index in [1.54, 1.807) is 11.1 Å². The van der Waals surface area contributed by atoms with Crippen LogP contribution in [0.1, 0.15) is 93.7 Å². The molecule has 8 rings (SSSR count). The number of allylic oxidation sites excluding steroid dienone is 16. The van der Waals surface area contributed by atoms with E-state index in [9.17, 15) is 0 Å². The van der Waals surface area contributed by atoms with Crippen LogP contribution >= 0.6 is 0 Å². The van der Waals surface area contributed by atoms with E-state index in [0.29, 0.717) is 5.92 Å². The van der Waals surface area contributed by atoms with Crippen molar-refractivity contribution in [1.82, 2.24) is 0 Å². The molecule has 9 atom stereocenters. The van der Waals surface area contributed by atoms with Crippen molar-refractivity contribution in [3.8, 4) is 0 Å². The number of hydrogen-bond acceptors (Lipinski definition) is 0. The van der Waals surface area contributed by atoms with Gasteiger partial charge in [0.15, 0.2) is 0 Å². The smallest absolute Gasteiger partial charge is 0.0459 e. The molecule has 0 bridgehead atoms. The molecule has 9 unspecified atom stereocenters. The Hall–Kier alpha value is -3.64. The lowest BCUT2D eigenvalue weighted by atomic mass is 9.22. The maximum absolute atomic E-state index is 2.78. The van der Waals surface area contributed by atoms with Crippen molar-refractivity contribution < 1.29 is 0 Å².